The number of carbonyl (C=O) groups is 2. The molecule has 6 heteroatoms. The van der Waals surface area contributed by atoms with E-state index in [0.29, 0.717) is 23.7 Å². The molecule has 38 heavy (non-hydrogen) atoms. The van der Waals surface area contributed by atoms with Gasteiger partial charge >= 0.3 is 0 Å². The summed E-state index contributed by atoms with van der Waals surface area (Å²) in [7, 11) is 1.57. The Labute approximate surface area is 231 Å². The van der Waals surface area contributed by atoms with Crippen LogP contribution >= 0.6 is 0 Å². The summed E-state index contributed by atoms with van der Waals surface area (Å²) in [5.41, 5.74) is 1.36. The largest absolute Gasteiger partial charge is 0.493 e. The van der Waals surface area contributed by atoms with Gasteiger partial charge in [-0.2, -0.15) is 0 Å². The molecule has 0 aliphatic carbocycles. The zero-order chi connectivity index (χ0) is 27.6. The summed E-state index contributed by atoms with van der Waals surface area (Å²) < 4.78 is 11.5. The first kappa shape index (κ1) is 31.5. The molecule has 0 saturated carbocycles. The van der Waals surface area contributed by atoms with Crippen LogP contribution < -0.4 is 9.47 Å². The predicted octanol–water partition coefficient (Wildman–Crippen LogP) is 7.54. The number of methoxy groups -OCH3 is 1. The lowest BCUT2D eigenvalue weighted by molar-refractivity contribution is -0.126. The highest BCUT2D eigenvalue weighted by atomic mass is 16.5. The third-order valence-electron chi connectivity index (χ3n) is 7.15. The molecule has 0 radical (unpaired) electrons. The molecule has 0 saturated heterocycles. The Kier molecular flexibility index (Phi) is 15.3. The molecule has 0 spiro atoms. The monoisotopic (exact) mass is 526 g/mol. The van der Waals surface area contributed by atoms with Gasteiger partial charge in [0.2, 0.25) is 5.91 Å². The van der Waals surface area contributed by atoms with Crippen molar-refractivity contribution in [3.8, 4) is 11.5 Å². The zero-order valence-corrected chi connectivity index (χ0v) is 24.3. The third kappa shape index (κ3) is 10.9. The molecule has 0 fully saturated rings. The van der Waals surface area contributed by atoms with Crippen LogP contribution in [-0.2, 0) is 4.79 Å². The van der Waals surface area contributed by atoms with Crippen molar-refractivity contribution >= 4 is 11.8 Å². The third-order valence-corrected chi connectivity index (χ3v) is 7.15. The van der Waals surface area contributed by atoms with E-state index in [1.165, 1.54) is 76.0 Å². The average Bonchev–Trinajstić information content (AvgIpc) is 2.93. The van der Waals surface area contributed by atoms with Crippen molar-refractivity contribution in [1.82, 2.24) is 9.80 Å². The van der Waals surface area contributed by atoms with Crippen LogP contribution in [0.3, 0.4) is 0 Å². The van der Waals surface area contributed by atoms with Crippen molar-refractivity contribution in [3.05, 3.63) is 47.7 Å². The van der Waals surface area contributed by atoms with Gasteiger partial charge in [0.25, 0.3) is 5.91 Å². The van der Waals surface area contributed by atoms with Crippen LogP contribution in [0.5, 0.6) is 11.5 Å². The lowest BCUT2D eigenvalue weighted by Gasteiger charge is -2.30. The molecule has 2 rings (SSSR count). The van der Waals surface area contributed by atoms with Crippen LogP contribution in [0.2, 0.25) is 0 Å². The van der Waals surface area contributed by atoms with Crippen molar-refractivity contribution in [1.29, 1.82) is 0 Å². The normalized spacial score (nSPS) is 12.8. The molecule has 0 atom stereocenters. The second-order valence-corrected chi connectivity index (χ2v) is 10.1. The smallest absolute Gasteiger partial charge is 0.260 e. The summed E-state index contributed by atoms with van der Waals surface area (Å²) in [5, 5.41) is 0. The number of imide groups is 1. The second-order valence-electron chi connectivity index (χ2n) is 10.1. The topological polar surface area (TPSA) is 59.1 Å². The van der Waals surface area contributed by atoms with Crippen molar-refractivity contribution in [2.45, 2.75) is 97.8 Å². The molecule has 1 aromatic rings. The summed E-state index contributed by atoms with van der Waals surface area (Å²) in [6, 6.07) is 5.15. The molecular weight excluding hydrogens is 476 g/mol. The molecule has 6 nitrogen and oxygen atoms in total. The van der Waals surface area contributed by atoms with Gasteiger partial charge < -0.3 is 14.4 Å². The fourth-order valence-electron chi connectivity index (χ4n) is 4.76. The number of hydrogen-bond acceptors (Lipinski definition) is 5. The number of nitrogens with zero attached hydrogens (tertiary/aromatic N) is 2. The van der Waals surface area contributed by atoms with E-state index in [1.54, 1.807) is 25.3 Å². The number of allylic oxidation sites excluding steroid dienone is 2. The van der Waals surface area contributed by atoms with Crippen LogP contribution in [0.15, 0.2) is 42.1 Å². The Balaban J connectivity index is 1.78. The molecule has 0 aromatic heterocycles. The molecular formula is C32H50N2O4. The van der Waals surface area contributed by atoms with Crippen molar-refractivity contribution < 1.29 is 19.1 Å². The highest BCUT2D eigenvalue weighted by Crippen LogP contribution is 2.29. The number of rotatable bonds is 19. The van der Waals surface area contributed by atoms with Gasteiger partial charge in [-0.05, 0) is 37.6 Å². The minimum Gasteiger partial charge on any atom is -0.493 e. The number of hydrogen-bond donors (Lipinski definition) is 0. The van der Waals surface area contributed by atoms with Gasteiger partial charge in [-0.25, -0.2) is 0 Å². The minimum atomic E-state index is -0.338. The first-order valence-electron chi connectivity index (χ1n) is 14.8. The van der Waals surface area contributed by atoms with E-state index in [0.717, 1.165) is 31.6 Å². The van der Waals surface area contributed by atoms with Gasteiger partial charge in [0.1, 0.15) is 0 Å². The number of unbranched alkanes of at least 4 members (excludes halogenated alkanes) is 11. The fourth-order valence-corrected chi connectivity index (χ4v) is 4.76. The molecule has 0 N–H and O–H groups in total. The summed E-state index contributed by atoms with van der Waals surface area (Å²) in [6.45, 7) is 8.21. The van der Waals surface area contributed by atoms with Crippen LogP contribution in [0.4, 0.5) is 0 Å². The highest BCUT2D eigenvalue weighted by molar-refractivity contribution is 6.04. The number of benzene rings is 1. The lowest BCUT2D eigenvalue weighted by atomic mass is 10.1. The lowest BCUT2D eigenvalue weighted by Crippen LogP contribution is -2.40. The summed E-state index contributed by atoms with van der Waals surface area (Å²) in [4.78, 5) is 29.1. The zero-order valence-electron chi connectivity index (χ0n) is 24.3. The maximum absolute atomic E-state index is 13.3. The molecule has 1 heterocycles. The maximum atomic E-state index is 13.3. The second kappa shape index (κ2) is 18.5. The Morgan fingerprint density at radius 2 is 1.53 bits per heavy atom. The van der Waals surface area contributed by atoms with Crippen molar-refractivity contribution in [2.75, 3.05) is 33.4 Å². The number of carbonyl (C=O) groups excluding carboxylic acids is 2. The van der Waals surface area contributed by atoms with E-state index in [9.17, 15) is 9.59 Å². The minimum absolute atomic E-state index is 0.242. The first-order valence-corrected chi connectivity index (χ1v) is 14.8. The van der Waals surface area contributed by atoms with Crippen molar-refractivity contribution in [2.24, 2.45) is 0 Å². The van der Waals surface area contributed by atoms with E-state index in [2.05, 4.69) is 24.8 Å². The van der Waals surface area contributed by atoms with Crippen LogP contribution in [0.1, 0.15) is 108 Å². The van der Waals surface area contributed by atoms with Gasteiger partial charge in [-0.3, -0.25) is 14.5 Å². The van der Waals surface area contributed by atoms with Gasteiger partial charge in [0, 0.05) is 31.3 Å². The van der Waals surface area contributed by atoms with E-state index >= 15 is 0 Å². The van der Waals surface area contributed by atoms with E-state index in [-0.39, 0.29) is 18.4 Å². The van der Waals surface area contributed by atoms with Gasteiger partial charge in [-0.15, -0.1) is 0 Å². The van der Waals surface area contributed by atoms with Gasteiger partial charge in [0.05, 0.1) is 20.3 Å². The number of ether oxygens (including phenoxy) is 2. The van der Waals surface area contributed by atoms with Crippen LogP contribution in [0.25, 0.3) is 0 Å². The fraction of sp³-hybridized carbons (Fsp3) is 0.625. The average molecular weight is 527 g/mol. The number of amides is 2. The summed E-state index contributed by atoms with van der Waals surface area (Å²) in [6.07, 6.45) is 21.6. The molecule has 1 aliphatic heterocycles. The maximum Gasteiger partial charge on any atom is 0.260 e. The molecule has 212 valence electrons. The van der Waals surface area contributed by atoms with Crippen LogP contribution in [-0.4, -0.2) is 55.0 Å². The van der Waals surface area contributed by atoms with E-state index in [1.807, 2.05) is 12.2 Å². The number of likely N-dealkylation sites (N-methyl/N-ethyl adjacent to an activating group) is 1. The standard InChI is InChI=1S/C32H50N2O4/c1-5-7-8-9-10-11-12-13-14-15-16-19-24-38-30-22-21-28(25-31(30)37-4)32(36)34(27(3)35)26-29-20-17-18-23-33(29)6-2/h17-18,20-22,25H,5-16,19,23-24,26H2,1-4H3. The van der Waals surface area contributed by atoms with Crippen LogP contribution in [0, 0.1) is 0 Å². The molecule has 2 amide bonds. The van der Waals surface area contributed by atoms with E-state index < -0.39 is 0 Å². The Morgan fingerprint density at radius 1 is 0.895 bits per heavy atom. The molecule has 0 bridgehead atoms. The summed E-state index contributed by atoms with van der Waals surface area (Å²) in [5.74, 6) is 0.509. The van der Waals surface area contributed by atoms with Gasteiger partial charge in [-0.1, -0.05) is 89.7 Å². The first-order chi connectivity index (χ1) is 18.5. The highest BCUT2D eigenvalue weighted by Gasteiger charge is 2.24. The molecule has 0 unspecified atom stereocenters. The van der Waals surface area contributed by atoms with E-state index in [4.69, 9.17) is 9.47 Å². The Bertz CT molecular complexity index is 909. The predicted molar refractivity (Wildman–Crippen MR) is 156 cm³/mol. The Hall–Kier alpha value is -2.76. The van der Waals surface area contributed by atoms with Crippen molar-refractivity contribution in [3.63, 3.8) is 0 Å². The van der Waals surface area contributed by atoms with Gasteiger partial charge in [0.15, 0.2) is 11.5 Å². The SMILES string of the molecule is CCCCCCCCCCCCCCOc1ccc(C(=O)N(CC2=CC=CCN2CC)C(C)=O)cc1OC. The quantitative estimate of drug-likeness (QED) is 0.174. The Morgan fingerprint density at radius 3 is 2.11 bits per heavy atom. The summed E-state index contributed by atoms with van der Waals surface area (Å²) >= 11 is 0. The molecule has 1 aromatic carbocycles. The molecule has 1 aliphatic rings.